The number of rotatable bonds is 3. The lowest BCUT2D eigenvalue weighted by Crippen LogP contribution is -2.47. The highest BCUT2D eigenvalue weighted by atomic mass is 16.4. The second-order valence-corrected chi connectivity index (χ2v) is 5.26. The minimum Gasteiger partial charge on any atom is -0.478 e. The van der Waals surface area contributed by atoms with Crippen molar-refractivity contribution >= 4 is 17.3 Å². The van der Waals surface area contributed by atoms with Crippen LogP contribution in [0.15, 0.2) is 18.2 Å². The average Bonchev–Trinajstić information content (AvgIpc) is 2.35. The van der Waals surface area contributed by atoms with E-state index in [0.717, 1.165) is 12.8 Å². The zero-order valence-corrected chi connectivity index (χ0v) is 11.4. The van der Waals surface area contributed by atoms with Crippen LogP contribution >= 0.6 is 0 Å². The molecule has 0 bridgehead atoms. The molecule has 1 aromatic carbocycles. The third kappa shape index (κ3) is 2.98. The minimum absolute atomic E-state index is 0.213. The summed E-state index contributed by atoms with van der Waals surface area (Å²) in [6.45, 7) is 4.31. The first-order chi connectivity index (χ1) is 8.99. The maximum atomic E-state index is 11.3. The first-order valence-electron chi connectivity index (χ1n) is 6.67. The van der Waals surface area contributed by atoms with Crippen molar-refractivity contribution < 1.29 is 9.90 Å². The molecule has 1 aliphatic heterocycles. The second-order valence-electron chi connectivity index (χ2n) is 5.26. The van der Waals surface area contributed by atoms with Crippen molar-refractivity contribution in [1.82, 2.24) is 5.01 Å². The summed E-state index contributed by atoms with van der Waals surface area (Å²) >= 11 is 0. The fourth-order valence-corrected chi connectivity index (χ4v) is 2.62. The van der Waals surface area contributed by atoms with E-state index in [9.17, 15) is 9.90 Å². The van der Waals surface area contributed by atoms with Crippen molar-refractivity contribution in [1.29, 1.82) is 0 Å². The maximum absolute atomic E-state index is 11.3. The molecule has 4 N–H and O–H groups in total. The third-order valence-corrected chi connectivity index (χ3v) is 3.72. The van der Waals surface area contributed by atoms with Gasteiger partial charge in [-0.3, -0.25) is 0 Å². The molecule has 0 aromatic heterocycles. The van der Waals surface area contributed by atoms with Crippen LogP contribution in [-0.2, 0) is 0 Å². The molecule has 1 fully saturated rings. The van der Waals surface area contributed by atoms with E-state index in [-0.39, 0.29) is 5.56 Å². The fourth-order valence-electron chi connectivity index (χ4n) is 2.62. The number of carboxylic acids is 1. The van der Waals surface area contributed by atoms with Gasteiger partial charge in [-0.2, -0.15) is 0 Å². The lowest BCUT2D eigenvalue weighted by Gasteiger charge is -2.39. The van der Waals surface area contributed by atoms with Crippen LogP contribution in [0.2, 0.25) is 0 Å². The molecule has 2 rings (SSSR count). The fraction of sp³-hybridized carbons (Fsp3) is 0.500. The van der Waals surface area contributed by atoms with Crippen LogP contribution in [-0.4, -0.2) is 28.2 Å². The molecule has 0 aliphatic carbocycles. The third-order valence-electron chi connectivity index (χ3n) is 3.72. The molecule has 0 radical (unpaired) electrons. The number of nitrogen functional groups attached to an aromatic ring is 1. The summed E-state index contributed by atoms with van der Waals surface area (Å²) in [7, 11) is 0. The van der Waals surface area contributed by atoms with Crippen LogP contribution in [0.25, 0.3) is 0 Å². The summed E-state index contributed by atoms with van der Waals surface area (Å²) in [6.07, 6.45) is 3.46. The van der Waals surface area contributed by atoms with Crippen molar-refractivity contribution in [2.75, 3.05) is 11.2 Å². The number of piperidine rings is 1. The van der Waals surface area contributed by atoms with Gasteiger partial charge in [-0.1, -0.05) is 6.42 Å². The summed E-state index contributed by atoms with van der Waals surface area (Å²) in [5.74, 6) is -0.966. The Morgan fingerprint density at radius 1 is 1.37 bits per heavy atom. The first-order valence-corrected chi connectivity index (χ1v) is 6.67. The Morgan fingerprint density at radius 2 is 2.00 bits per heavy atom. The molecule has 2 atom stereocenters. The maximum Gasteiger partial charge on any atom is 0.337 e. The molecule has 104 valence electrons. The predicted octanol–water partition coefficient (Wildman–Crippen LogP) is 2.56. The van der Waals surface area contributed by atoms with Gasteiger partial charge >= 0.3 is 5.97 Å². The van der Waals surface area contributed by atoms with E-state index in [4.69, 9.17) is 5.73 Å². The monoisotopic (exact) mass is 263 g/mol. The van der Waals surface area contributed by atoms with Gasteiger partial charge in [0.05, 0.1) is 11.3 Å². The van der Waals surface area contributed by atoms with E-state index >= 15 is 0 Å². The molecule has 1 aromatic rings. The highest BCUT2D eigenvalue weighted by Crippen LogP contribution is 2.26. The first kappa shape index (κ1) is 13.7. The van der Waals surface area contributed by atoms with Gasteiger partial charge in [0, 0.05) is 17.8 Å². The normalized spacial score (nSPS) is 24.1. The van der Waals surface area contributed by atoms with Gasteiger partial charge in [0.1, 0.15) is 0 Å². The van der Waals surface area contributed by atoms with E-state index < -0.39 is 5.97 Å². The number of aromatic carboxylic acids is 1. The number of nitrogens with zero attached hydrogens (tertiary/aromatic N) is 1. The van der Waals surface area contributed by atoms with Crippen LogP contribution in [0.3, 0.4) is 0 Å². The lowest BCUT2D eigenvalue weighted by molar-refractivity contribution is 0.0696. The summed E-state index contributed by atoms with van der Waals surface area (Å²) in [5, 5.41) is 11.4. The topological polar surface area (TPSA) is 78.6 Å². The SMILES string of the molecule is CC1CCCC(C)N1Nc1ccc(N)cc1C(=O)O. The average molecular weight is 263 g/mol. The Hall–Kier alpha value is -1.75. The molecule has 0 amide bonds. The van der Waals surface area contributed by atoms with Gasteiger partial charge < -0.3 is 16.3 Å². The van der Waals surface area contributed by atoms with Gasteiger partial charge in [0.2, 0.25) is 0 Å². The molecule has 1 aliphatic rings. The molecular formula is C14H21N3O2. The van der Waals surface area contributed by atoms with Gasteiger partial charge in [-0.25, -0.2) is 9.80 Å². The van der Waals surface area contributed by atoms with E-state index in [0.29, 0.717) is 23.5 Å². The number of benzene rings is 1. The molecule has 5 nitrogen and oxygen atoms in total. The molecule has 0 spiro atoms. The highest BCUT2D eigenvalue weighted by molar-refractivity contribution is 5.95. The molecule has 5 heteroatoms. The number of hydrogen-bond donors (Lipinski definition) is 3. The number of nitrogens with two attached hydrogens (primary N) is 1. The highest BCUT2D eigenvalue weighted by Gasteiger charge is 2.25. The van der Waals surface area contributed by atoms with Crippen molar-refractivity contribution in [3.8, 4) is 0 Å². The number of hydrazine groups is 1. The molecule has 19 heavy (non-hydrogen) atoms. The number of nitrogens with one attached hydrogen (secondary N) is 1. The Labute approximate surface area is 113 Å². The van der Waals surface area contributed by atoms with Gasteiger partial charge in [-0.15, -0.1) is 0 Å². The lowest BCUT2D eigenvalue weighted by atomic mass is 10.00. The smallest absolute Gasteiger partial charge is 0.337 e. The van der Waals surface area contributed by atoms with Crippen LogP contribution < -0.4 is 11.2 Å². The standard InChI is InChI=1S/C14H21N3O2/c1-9-4-3-5-10(2)17(9)16-13-7-6-11(15)8-12(13)14(18)19/h6-10,16H,3-5,15H2,1-2H3,(H,18,19). The zero-order valence-electron chi connectivity index (χ0n) is 11.4. The summed E-state index contributed by atoms with van der Waals surface area (Å²) in [4.78, 5) is 11.3. The molecule has 0 saturated carbocycles. The van der Waals surface area contributed by atoms with Crippen molar-refractivity contribution in [3.63, 3.8) is 0 Å². The van der Waals surface area contributed by atoms with Crippen LogP contribution in [0, 0.1) is 0 Å². The summed E-state index contributed by atoms with van der Waals surface area (Å²) < 4.78 is 0. The molecule has 2 unspecified atom stereocenters. The van der Waals surface area contributed by atoms with Gasteiger partial charge in [0.15, 0.2) is 0 Å². The predicted molar refractivity (Wildman–Crippen MR) is 76.1 cm³/mol. The molecule has 1 saturated heterocycles. The second kappa shape index (κ2) is 5.48. The Bertz CT molecular complexity index is 466. The van der Waals surface area contributed by atoms with E-state index in [1.165, 1.54) is 12.5 Å². The largest absolute Gasteiger partial charge is 0.478 e. The van der Waals surface area contributed by atoms with Gasteiger partial charge in [-0.05, 0) is 44.9 Å². The van der Waals surface area contributed by atoms with E-state index in [1.54, 1.807) is 12.1 Å². The van der Waals surface area contributed by atoms with Gasteiger partial charge in [0.25, 0.3) is 0 Å². The summed E-state index contributed by atoms with van der Waals surface area (Å²) in [5.41, 5.74) is 10.2. The molecular weight excluding hydrogens is 242 g/mol. The van der Waals surface area contributed by atoms with Crippen LogP contribution in [0.1, 0.15) is 43.5 Å². The number of anilines is 2. The quantitative estimate of drug-likeness (QED) is 0.730. The number of carboxylic acid groups (broad SMARTS) is 1. The van der Waals surface area contributed by atoms with Crippen LogP contribution in [0.5, 0.6) is 0 Å². The number of carbonyl (C=O) groups is 1. The van der Waals surface area contributed by atoms with Crippen molar-refractivity contribution in [2.24, 2.45) is 0 Å². The van der Waals surface area contributed by atoms with E-state index in [2.05, 4.69) is 24.3 Å². The molecule has 1 heterocycles. The van der Waals surface area contributed by atoms with Crippen molar-refractivity contribution in [2.45, 2.75) is 45.2 Å². The van der Waals surface area contributed by atoms with Crippen molar-refractivity contribution in [3.05, 3.63) is 23.8 Å². The number of hydrogen-bond acceptors (Lipinski definition) is 4. The Kier molecular flexibility index (Phi) is 3.95. The summed E-state index contributed by atoms with van der Waals surface area (Å²) in [6, 6.07) is 5.72. The van der Waals surface area contributed by atoms with Crippen LogP contribution in [0.4, 0.5) is 11.4 Å². The minimum atomic E-state index is -0.966. The van der Waals surface area contributed by atoms with E-state index in [1.807, 2.05) is 0 Å². The Balaban J connectivity index is 2.24. The Morgan fingerprint density at radius 3 is 2.58 bits per heavy atom. The zero-order chi connectivity index (χ0) is 14.0.